The molecule has 4 nitrogen and oxygen atoms in total. The van der Waals surface area contributed by atoms with Crippen molar-refractivity contribution in [2.75, 3.05) is 6.54 Å². The van der Waals surface area contributed by atoms with Gasteiger partial charge in [-0.3, -0.25) is 4.79 Å². The minimum absolute atomic E-state index is 0.0376. The standard InChI is InChI=1S/C16H23NO3/c1-10(2)14(11(3)4)9-17-15(18)12-7-5-6-8-13(12)16(19)20/h5-8,10-11,14H,9H2,1-4H3,(H,17,18)(H,19,20). The number of carbonyl (C=O) groups excluding carboxylic acids is 1. The largest absolute Gasteiger partial charge is 0.478 e. The summed E-state index contributed by atoms with van der Waals surface area (Å²) in [6.45, 7) is 9.07. The van der Waals surface area contributed by atoms with Crippen molar-refractivity contribution in [2.24, 2.45) is 17.8 Å². The molecule has 4 heteroatoms. The van der Waals surface area contributed by atoms with Crippen LogP contribution in [0.25, 0.3) is 0 Å². The maximum atomic E-state index is 12.1. The Hall–Kier alpha value is -1.84. The van der Waals surface area contributed by atoms with Gasteiger partial charge in [0.05, 0.1) is 11.1 Å². The number of amides is 1. The third-order valence-corrected chi connectivity index (χ3v) is 3.61. The summed E-state index contributed by atoms with van der Waals surface area (Å²) in [5.41, 5.74) is 0.252. The maximum Gasteiger partial charge on any atom is 0.336 e. The summed E-state index contributed by atoms with van der Waals surface area (Å²) < 4.78 is 0. The second kappa shape index (κ2) is 7.08. The summed E-state index contributed by atoms with van der Waals surface area (Å²) in [5, 5.41) is 11.9. The van der Waals surface area contributed by atoms with E-state index in [9.17, 15) is 9.59 Å². The molecule has 0 aliphatic rings. The van der Waals surface area contributed by atoms with E-state index < -0.39 is 5.97 Å². The zero-order valence-electron chi connectivity index (χ0n) is 12.5. The van der Waals surface area contributed by atoms with E-state index in [1.807, 2.05) is 0 Å². The highest BCUT2D eigenvalue weighted by Gasteiger charge is 2.20. The number of aromatic carboxylic acids is 1. The Balaban J connectivity index is 2.80. The molecule has 110 valence electrons. The summed E-state index contributed by atoms with van der Waals surface area (Å²) >= 11 is 0. The third kappa shape index (κ3) is 4.08. The van der Waals surface area contributed by atoms with Crippen LogP contribution in [0.3, 0.4) is 0 Å². The predicted octanol–water partition coefficient (Wildman–Crippen LogP) is 3.04. The van der Waals surface area contributed by atoms with Crippen molar-refractivity contribution in [2.45, 2.75) is 27.7 Å². The minimum Gasteiger partial charge on any atom is -0.478 e. The Morgan fingerprint density at radius 2 is 1.55 bits per heavy atom. The van der Waals surface area contributed by atoms with Crippen molar-refractivity contribution in [1.29, 1.82) is 0 Å². The first-order valence-electron chi connectivity index (χ1n) is 6.95. The highest BCUT2D eigenvalue weighted by atomic mass is 16.4. The number of carbonyl (C=O) groups is 2. The van der Waals surface area contributed by atoms with Crippen LogP contribution in [0, 0.1) is 17.8 Å². The Morgan fingerprint density at radius 1 is 1.05 bits per heavy atom. The van der Waals surface area contributed by atoms with Crippen LogP contribution in [0.1, 0.15) is 48.4 Å². The fraction of sp³-hybridized carbons (Fsp3) is 0.500. The van der Waals surface area contributed by atoms with Gasteiger partial charge in [-0.15, -0.1) is 0 Å². The van der Waals surface area contributed by atoms with E-state index in [1.54, 1.807) is 18.2 Å². The van der Waals surface area contributed by atoms with E-state index in [0.717, 1.165) is 0 Å². The number of hydrogen-bond donors (Lipinski definition) is 2. The molecule has 1 rings (SSSR count). The molecule has 0 saturated carbocycles. The minimum atomic E-state index is -1.08. The summed E-state index contributed by atoms with van der Waals surface area (Å²) in [4.78, 5) is 23.2. The quantitative estimate of drug-likeness (QED) is 0.840. The van der Waals surface area contributed by atoms with Crippen LogP contribution >= 0.6 is 0 Å². The van der Waals surface area contributed by atoms with E-state index in [0.29, 0.717) is 24.3 Å². The topological polar surface area (TPSA) is 66.4 Å². The van der Waals surface area contributed by atoms with Crippen LogP contribution in [0.5, 0.6) is 0 Å². The summed E-state index contributed by atoms with van der Waals surface area (Å²) in [5.74, 6) is -0.111. The lowest BCUT2D eigenvalue weighted by atomic mass is 9.85. The van der Waals surface area contributed by atoms with Gasteiger partial charge in [-0.2, -0.15) is 0 Å². The molecule has 0 atom stereocenters. The van der Waals surface area contributed by atoms with Crippen molar-refractivity contribution < 1.29 is 14.7 Å². The van der Waals surface area contributed by atoms with E-state index in [1.165, 1.54) is 6.07 Å². The number of rotatable bonds is 6. The molecule has 1 aromatic carbocycles. The molecule has 0 radical (unpaired) electrons. The van der Waals surface area contributed by atoms with Crippen LogP contribution in [0.2, 0.25) is 0 Å². The molecule has 1 amide bonds. The van der Waals surface area contributed by atoms with Gasteiger partial charge in [-0.05, 0) is 29.9 Å². The van der Waals surface area contributed by atoms with Gasteiger partial charge < -0.3 is 10.4 Å². The number of benzene rings is 1. The zero-order chi connectivity index (χ0) is 15.3. The summed E-state index contributed by atoms with van der Waals surface area (Å²) in [6, 6.07) is 6.27. The van der Waals surface area contributed by atoms with Crippen LogP contribution in [0.4, 0.5) is 0 Å². The molecule has 0 aliphatic heterocycles. The van der Waals surface area contributed by atoms with Gasteiger partial charge in [-0.25, -0.2) is 4.79 Å². The third-order valence-electron chi connectivity index (χ3n) is 3.61. The van der Waals surface area contributed by atoms with Crippen molar-refractivity contribution in [1.82, 2.24) is 5.32 Å². The first-order valence-corrected chi connectivity index (χ1v) is 6.95. The molecule has 0 unspecified atom stereocenters. The average molecular weight is 277 g/mol. The van der Waals surface area contributed by atoms with Gasteiger partial charge in [0.2, 0.25) is 0 Å². The van der Waals surface area contributed by atoms with Crippen LogP contribution < -0.4 is 5.32 Å². The molecular formula is C16H23NO3. The van der Waals surface area contributed by atoms with Gasteiger partial charge in [0.15, 0.2) is 0 Å². The Kier molecular flexibility index (Phi) is 5.74. The van der Waals surface area contributed by atoms with Gasteiger partial charge in [-0.1, -0.05) is 39.8 Å². The second-order valence-corrected chi connectivity index (χ2v) is 5.71. The zero-order valence-corrected chi connectivity index (χ0v) is 12.5. The number of carboxylic acids is 1. The van der Waals surface area contributed by atoms with Crippen molar-refractivity contribution in [3.05, 3.63) is 35.4 Å². The SMILES string of the molecule is CC(C)C(CNC(=O)c1ccccc1C(=O)O)C(C)C. The van der Waals surface area contributed by atoms with Crippen molar-refractivity contribution in [3.8, 4) is 0 Å². The smallest absolute Gasteiger partial charge is 0.336 e. The Bertz CT molecular complexity index is 472. The lowest BCUT2D eigenvalue weighted by molar-refractivity contribution is 0.0690. The number of nitrogens with one attached hydrogen (secondary N) is 1. The van der Waals surface area contributed by atoms with Crippen LogP contribution in [0.15, 0.2) is 24.3 Å². The number of carboxylic acid groups (broad SMARTS) is 1. The second-order valence-electron chi connectivity index (χ2n) is 5.71. The summed E-state index contributed by atoms with van der Waals surface area (Å²) in [6.07, 6.45) is 0. The average Bonchev–Trinajstić information content (AvgIpc) is 2.37. The Morgan fingerprint density at radius 3 is 2.00 bits per heavy atom. The van der Waals surface area contributed by atoms with Gasteiger partial charge in [0, 0.05) is 6.54 Å². The fourth-order valence-electron chi connectivity index (χ4n) is 2.41. The highest BCUT2D eigenvalue weighted by molar-refractivity contribution is 6.04. The molecular weight excluding hydrogens is 254 g/mol. The van der Waals surface area contributed by atoms with Gasteiger partial charge in [0.1, 0.15) is 0 Å². The number of hydrogen-bond acceptors (Lipinski definition) is 2. The predicted molar refractivity (Wildman–Crippen MR) is 78.9 cm³/mol. The molecule has 20 heavy (non-hydrogen) atoms. The normalized spacial score (nSPS) is 11.2. The first kappa shape index (κ1) is 16.2. The molecule has 0 bridgehead atoms. The fourth-order valence-corrected chi connectivity index (χ4v) is 2.41. The lowest BCUT2D eigenvalue weighted by Gasteiger charge is -2.25. The van der Waals surface area contributed by atoms with Gasteiger partial charge >= 0.3 is 5.97 Å². The molecule has 0 heterocycles. The van der Waals surface area contributed by atoms with Crippen molar-refractivity contribution in [3.63, 3.8) is 0 Å². The van der Waals surface area contributed by atoms with E-state index in [-0.39, 0.29) is 17.0 Å². The molecule has 0 aromatic heterocycles. The maximum absolute atomic E-state index is 12.1. The van der Waals surface area contributed by atoms with E-state index in [2.05, 4.69) is 33.0 Å². The molecule has 0 spiro atoms. The Labute approximate surface area is 120 Å². The molecule has 1 aromatic rings. The molecule has 2 N–H and O–H groups in total. The van der Waals surface area contributed by atoms with Crippen molar-refractivity contribution >= 4 is 11.9 Å². The highest BCUT2D eigenvalue weighted by Crippen LogP contribution is 2.19. The molecule has 0 saturated heterocycles. The summed E-state index contributed by atoms with van der Waals surface area (Å²) in [7, 11) is 0. The van der Waals surface area contributed by atoms with Crippen LogP contribution in [-0.4, -0.2) is 23.5 Å². The van der Waals surface area contributed by atoms with Gasteiger partial charge in [0.25, 0.3) is 5.91 Å². The van der Waals surface area contributed by atoms with E-state index in [4.69, 9.17) is 5.11 Å². The first-order chi connectivity index (χ1) is 9.34. The molecule has 0 fully saturated rings. The molecule has 0 aliphatic carbocycles. The van der Waals surface area contributed by atoms with E-state index >= 15 is 0 Å². The lowest BCUT2D eigenvalue weighted by Crippen LogP contribution is -2.34. The van der Waals surface area contributed by atoms with Crippen LogP contribution in [-0.2, 0) is 0 Å². The monoisotopic (exact) mass is 277 g/mol.